The Bertz CT molecular complexity index is 432. The van der Waals surface area contributed by atoms with E-state index in [9.17, 15) is 4.79 Å². The van der Waals surface area contributed by atoms with Crippen LogP contribution in [0.3, 0.4) is 0 Å². The molecule has 0 spiro atoms. The number of carbonyl (C=O) groups excluding carboxylic acids is 1. The van der Waals surface area contributed by atoms with Crippen molar-refractivity contribution in [3.05, 3.63) is 29.3 Å². The van der Waals surface area contributed by atoms with Gasteiger partial charge in [0.25, 0.3) is 0 Å². The van der Waals surface area contributed by atoms with Crippen LogP contribution in [0.1, 0.15) is 15.9 Å². The minimum atomic E-state index is -0.413. The predicted molar refractivity (Wildman–Crippen MR) is 59.8 cm³/mol. The Morgan fingerprint density at radius 2 is 2.33 bits per heavy atom. The molecule has 0 heterocycles. The van der Waals surface area contributed by atoms with Crippen molar-refractivity contribution in [2.75, 3.05) is 18.7 Å². The molecule has 4 heteroatoms. The molecule has 0 aliphatic carbocycles. The lowest BCUT2D eigenvalue weighted by atomic mass is 10.1. The molecular weight excluding hydrogens is 214 g/mol. The number of nitrogen functional groups attached to an aromatic ring is 1. The van der Waals surface area contributed by atoms with Crippen molar-refractivity contribution in [2.45, 2.75) is 0 Å². The first-order valence-electron chi connectivity index (χ1n) is 4.21. The number of esters is 1. The van der Waals surface area contributed by atoms with Crippen LogP contribution in [0, 0.1) is 11.8 Å². The lowest BCUT2D eigenvalue weighted by Gasteiger charge is -2.02. The highest BCUT2D eigenvalue weighted by molar-refractivity contribution is 6.19. The largest absolute Gasteiger partial charge is 0.465 e. The molecule has 0 aliphatic rings. The van der Waals surface area contributed by atoms with Crippen molar-refractivity contribution in [3.63, 3.8) is 0 Å². The average Bonchev–Trinajstić information content (AvgIpc) is 2.27. The molecule has 0 bridgehead atoms. The summed E-state index contributed by atoms with van der Waals surface area (Å²) in [5.74, 6) is 5.25. The summed E-state index contributed by atoms with van der Waals surface area (Å²) in [7, 11) is 1.32. The van der Waals surface area contributed by atoms with Gasteiger partial charge in [-0.2, -0.15) is 0 Å². The van der Waals surface area contributed by atoms with Crippen molar-refractivity contribution in [3.8, 4) is 11.8 Å². The lowest BCUT2D eigenvalue weighted by Crippen LogP contribution is -2.02. The average molecular weight is 224 g/mol. The summed E-state index contributed by atoms with van der Waals surface area (Å²) in [6.45, 7) is 0. The molecule has 1 aromatic rings. The van der Waals surface area contributed by atoms with Gasteiger partial charge in [0, 0.05) is 11.3 Å². The third-order valence-corrected chi connectivity index (χ3v) is 1.90. The molecule has 0 amide bonds. The molecule has 0 aliphatic heterocycles. The van der Waals surface area contributed by atoms with Crippen LogP contribution in [-0.4, -0.2) is 19.0 Å². The van der Waals surface area contributed by atoms with Gasteiger partial charge < -0.3 is 10.5 Å². The number of nitrogens with two attached hydrogens (primary N) is 1. The third kappa shape index (κ3) is 2.90. The number of benzene rings is 1. The maximum Gasteiger partial charge on any atom is 0.337 e. The van der Waals surface area contributed by atoms with Gasteiger partial charge in [-0.05, 0) is 18.2 Å². The Kier molecular flexibility index (Phi) is 4.02. The highest BCUT2D eigenvalue weighted by Gasteiger charge is 2.06. The number of hydrogen-bond donors (Lipinski definition) is 1. The van der Waals surface area contributed by atoms with Crippen LogP contribution >= 0.6 is 11.6 Å². The second kappa shape index (κ2) is 5.28. The van der Waals surface area contributed by atoms with E-state index in [1.807, 2.05) is 0 Å². The quantitative estimate of drug-likeness (QED) is 0.341. The van der Waals surface area contributed by atoms with Crippen LogP contribution in [0.25, 0.3) is 0 Å². The lowest BCUT2D eigenvalue weighted by molar-refractivity contribution is 0.0600. The molecular formula is C11H10ClNO2. The Morgan fingerprint density at radius 3 is 2.93 bits per heavy atom. The van der Waals surface area contributed by atoms with E-state index in [-0.39, 0.29) is 5.88 Å². The standard InChI is InChI=1S/C11H10ClNO2/c1-15-11(14)9-4-5-10(13)8(7-9)3-2-6-12/h4-5,7H,6,13H2,1H3. The molecule has 0 fully saturated rings. The second-order valence-corrected chi connectivity index (χ2v) is 3.00. The number of carbonyl (C=O) groups is 1. The Balaban J connectivity index is 3.10. The maximum atomic E-state index is 11.2. The van der Waals surface area contributed by atoms with Crippen LogP contribution < -0.4 is 5.73 Å². The van der Waals surface area contributed by atoms with E-state index < -0.39 is 5.97 Å². The van der Waals surface area contributed by atoms with E-state index >= 15 is 0 Å². The van der Waals surface area contributed by atoms with Gasteiger partial charge in [-0.15, -0.1) is 11.6 Å². The molecule has 1 aromatic carbocycles. The minimum absolute atomic E-state index is 0.224. The molecule has 15 heavy (non-hydrogen) atoms. The van der Waals surface area contributed by atoms with Crippen LogP contribution in [0.15, 0.2) is 18.2 Å². The van der Waals surface area contributed by atoms with Gasteiger partial charge in [-0.1, -0.05) is 11.8 Å². The zero-order valence-electron chi connectivity index (χ0n) is 8.21. The van der Waals surface area contributed by atoms with Crippen molar-refractivity contribution in [2.24, 2.45) is 0 Å². The summed E-state index contributed by atoms with van der Waals surface area (Å²) < 4.78 is 4.58. The van der Waals surface area contributed by atoms with E-state index in [1.54, 1.807) is 18.2 Å². The summed E-state index contributed by atoms with van der Waals surface area (Å²) in [5.41, 5.74) is 7.19. The highest BCUT2D eigenvalue weighted by atomic mass is 35.5. The van der Waals surface area contributed by atoms with Gasteiger partial charge >= 0.3 is 5.97 Å². The van der Waals surface area contributed by atoms with Gasteiger partial charge in [0.2, 0.25) is 0 Å². The van der Waals surface area contributed by atoms with Crippen molar-refractivity contribution in [1.82, 2.24) is 0 Å². The molecule has 0 saturated heterocycles. The molecule has 0 atom stereocenters. The summed E-state index contributed by atoms with van der Waals surface area (Å²) in [6, 6.07) is 4.79. The fraction of sp³-hybridized carbons (Fsp3) is 0.182. The summed E-state index contributed by atoms with van der Waals surface area (Å²) in [4.78, 5) is 11.2. The monoisotopic (exact) mass is 223 g/mol. The van der Waals surface area contributed by atoms with Crippen LogP contribution in [0.4, 0.5) is 5.69 Å². The predicted octanol–water partition coefficient (Wildman–Crippen LogP) is 1.65. The Labute approximate surface area is 93.2 Å². The molecule has 0 radical (unpaired) electrons. The molecule has 2 N–H and O–H groups in total. The number of halogens is 1. The van der Waals surface area contributed by atoms with Crippen molar-refractivity contribution >= 4 is 23.3 Å². The van der Waals surface area contributed by atoms with E-state index in [4.69, 9.17) is 17.3 Å². The molecule has 0 saturated carbocycles. The fourth-order valence-corrected chi connectivity index (χ4v) is 1.10. The SMILES string of the molecule is COC(=O)c1ccc(N)c(C#CCCl)c1. The van der Waals surface area contributed by atoms with Crippen LogP contribution in [0.2, 0.25) is 0 Å². The van der Waals surface area contributed by atoms with Gasteiger partial charge in [0.1, 0.15) is 0 Å². The molecule has 0 unspecified atom stereocenters. The number of ether oxygens (including phenoxy) is 1. The van der Waals surface area contributed by atoms with E-state index in [2.05, 4.69) is 16.6 Å². The number of alkyl halides is 1. The van der Waals surface area contributed by atoms with Crippen molar-refractivity contribution < 1.29 is 9.53 Å². The zero-order chi connectivity index (χ0) is 11.3. The van der Waals surface area contributed by atoms with E-state index in [0.717, 1.165) is 0 Å². The highest BCUT2D eigenvalue weighted by Crippen LogP contribution is 2.13. The Morgan fingerprint density at radius 1 is 1.60 bits per heavy atom. The second-order valence-electron chi connectivity index (χ2n) is 2.73. The number of anilines is 1. The molecule has 1 rings (SSSR count). The molecule has 3 nitrogen and oxygen atoms in total. The van der Waals surface area contributed by atoms with Gasteiger partial charge in [0.15, 0.2) is 0 Å². The molecule has 78 valence electrons. The van der Waals surface area contributed by atoms with Gasteiger partial charge in [0.05, 0.1) is 18.6 Å². The number of hydrogen-bond acceptors (Lipinski definition) is 3. The van der Waals surface area contributed by atoms with Crippen LogP contribution in [-0.2, 0) is 4.74 Å². The smallest absolute Gasteiger partial charge is 0.337 e. The molecule has 0 aromatic heterocycles. The van der Waals surface area contributed by atoms with E-state index in [0.29, 0.717) is 16.8 Å². The van der Waals surface area contributed by atoms with Gasteiger partial charge in [-0.25, -0.2) is 4.79 Å². The van der Waals surface area contributed by atoms with Crippen LogP contribution in [0.5, 0.6) is 0 Å². The van der Waals surface area contributed by atoms with E-state index in [1.165, 1.54) is 7.11 Å². The number of rotatable bonds is 1. The first-order valence-corrected chi connectivity index (χ1v) is 4.75. The summed E-state index contributed by atoms with van der Waals surface area (Å²) in [6.07, 6.45) is 0. The first kappa shape index (κ1) is 11.4. The topological polar surface area (TPSA) is 52.3 Å². The zero-order valence-corrected chi connectivity index (χ0v) is 8.97. The minimum Gasteiger partial charge on any atom is -0.465 e. The first-order chi connectivity index (χ1) is 7.19. The Hall–Kier alpha value is -1.66. The summed E-state index contributed by atoms with van der Waals surface area (Å²) >= 11 is 5.43. The van der Waals surface area contributed by atoms with Crippen molar-refractivity contribution in [1.29, 1.82) is 0 Å². The maximum absolute atomic E-state index is 11.2. The normalized spacial score (nSPS) is 8.93. The van der Waals surface area contributed by atoms with Gasteiger partial charge in [-0.3, -0.25) is 0 Å². The fourth-order valence-electron chi connectivity index (χ4n) is 1.04. The third-order valence-electron chi connectivity index (χ3n) is 1.76. The summed E-state index contributed by atoms with van der Waals surface area (Å²) in [5, 5.41) is 0. The number of methoxy groups -OCH3 is 1.